The number of amides is 1. The highest BCUT2D eigenvalue weighted by atomic mass is 16.1. The third-order valence-corrected chi connectivity index (χ3v) is 5.37. The van der Waals surface area contributed by atoms with Crippen LogP contribution in [-0.4, -0.2) is 51.9 Å². The fraction of sp³-hybridized carbons (Fsp3) is 0.333. The van der Waals surface area contributed by atoms with Crippen molar-refractivity contribution in [1.82, 2.24) is 19.9 Å². The summed E-state index contributed by atoms with van der Waals surface area (Å²) in [6, 6.07) is 7.43. The van der Waals surface area contributed by atoms with E-state index >= 15 is 0 Å². The molecule has 0 saturated carbocycles. The largest absolute Gasteiger partial charge is 0.368 e. The molecule has 0 radical (unpaired) electrons. The number of aryl methyl sites for hydroxylation is 1. The van der Waals surface area contributed by atoms with Crippen LogP contribution in [0.2, 0.25) is 0 Å². The Bertz CT molecular complexity index is 1080. The molecule has 3 aromatic heterocycles. The summed E-state index contributed by atoms with van der Waals surface area (Å²) in [5.41, 5.74) is 9.04. The number of nitrogens with one attached hydrogen (secondary N) is 1. The van der Waals surface area contributed by atoms with Gasteiger partial charge in [0.25, 0.3) is 11.5 Å². The van der Waals surface area contributed by atoms with E-state index in [9.17, 15) is 9.59 Å². The second-order valence-corrected chi connectivity index (χ2v) is 7.27. The number of aromatic amines is 1. The highest BCUT2D eigenvalue weighted by Gasteiger charge is 2.18. The number of pyridine rings is 3. The minimum absolute atomic E-state index is 0.0262. The molecule has 150 valence electrons. The van der Waals surface area contributed by atoms with Gasteiger partial charge in [-0.1, -0.05) is 6.92 Å². The molecule has 4 rings (SSSR count). The highest BCUT2D eigenvalue weighted by Crippen LogP contribution is 2.18. The Morgan fingerprint density at radius 1 is 1.14 bits per heavy atom. The van der Waals surface area contributed by atoms with E-state index in [-0.39, 0.29) is 11.3 Å². The van der Waals surface area contributed by atoms with E-state index in [0.717, 1.165) is 60.6 Å². The van der Waals surface area contributed by atoms with Crippen molar-refractivity contribution < 1.29 is 4.79 Å². The highest BCUT2D eigenvalue weighted by molar-refractivity contribution is 5.90. The molecule has 0 aliphatic carbocycles. The molecule has 1 fully saturated rings. The van der Waals surface area contributed by atoms with Crippen molar-refractivity contribution in [3.05, 3.63) is 64.0 Å². The SMILES string of the molecule is CCc1cc2cnc(CN3CCN(c4ccc(C(N)=O)nc4)CC3)cc2[nH]c1=O. The van der Waals surface area contributed by atoms with E-state index in [1.54, 1.807) is 12.3 Å². The number of primary amides is 1. The first kappa shape index (κ1) is 19.1. The van der Waals surface area contributed by atoms with Crippen molar-refractivity contribution in [2.75, 3.05) is 31.1 Å². The Hall–Kier alpha value is -3.26. The number of piperazine rings is 1. The van der Waals surface area contributed by atoms with Crippen LogP contribution in [0.15, 0.2) is 41.5 Å². The van der Waals surface area contributed by atoms with Gasteiger partial charge in [-0.25, -0.2) is 4.98 Å². The second kappa shape index (κ2) is 8.00. The van der Waals surface area contributed by atoms with Crippen molar-refractivity contribution >= 4 is 22.5 Å². The van der Waals surface area contributed by atoms with Crippen molar-refractivity contribution in [3.63, 3.8) is 0 Å². The summed E-state index contributed by atoms with van der Waals surface area (Å²) >= 11 is 0. The van der Waals surface area contributed by atoms with Gasteiger partial charge in [0.1, 0.15) is 5.69 Å². The molecule has 3 N–H and O–H groups in total. The standard InChI is InChI=1S/C21H24N6O2/c1-2-14-9-15-11-23-16(10-19(15)25-21(14)29)13-26-5-7-27(8-6-26)17-3-4-18(20(22)28)24-12-17/h3-4,9-12H,2,5-8,13H2,1H3,(H2,22,28)(H,25,29). The number of H-pyrrole nitrogens is 1. The molecule has 1 saturated heterocycles. The number of hydrogen-bond donors (Lipinski definition) is 2. The number of carbonyl (C=O) groups is 1. The van der Waals surface area contributed by atoms with Gasteiger partial charge in [-0.05, 0) is 30.7 Å². The summed E-state index contributed by atoms with van der Waals surface area (Å²) < 4.78 is 0. The van der Waals surface area contributed by atoms with Crippen LogP contribution < -0.4 is 16.2 Å². The van der Waals surface area contributed by atoms with Crippen LogP contribution >= 0.6 is 0 Å². The molecule has 8 heteroatoms. The van der Waals surface area contributed by atoms with Crippen LogP contribution in [0.4, 0.5) is 5.69 Å². The smallest absolute Gasteiger partial charge is 0.267 e. The average Bonchev–Trinajstić information content (AvgIpc) is 2.74. The van der Waals surface area contributed by atoms with E-state index in [2.05, 4.69) is 24.8 Å². The van der Waals surface area contributed by atoms with Crippen molar-refractivity contribution in [2.45, 2.75) is 19.9 Å². The van der Waals surface area contributed by atoms with Gasteiger partial charge in [0, 0.05) is 49.9 Å². The van der Waals surface area contributed by atoms with E-state index in [0.29, 0.717) is 6.42 Å². The zero-order valence-electron chi connectivity index (χ0n) is 16.4. The van der Waals surface area contributed by atoms with Crippen LogP contribution in [0.5, 0.6) is 0 Å². The van der Waals surface area contributed by atoms with Gasteiger partial charge in [0.05, 0.1) is 23.1 Å². The topological polar surface area (TPSA) is 108 Å². The summed E-state index contributed by atoms with van der Waals surface area (Å²) in [6.45, 7) is 6.22. The fourth-order valence-corrected chi connectivity index (χ4v) is 3.65. The molecule has 0 aromatic carbocycles. The van der Waals surface area contributed by atoms with Crippen molar-refractivity contribution in [1.29, 1.82) is 0 Å². The first-order valence-electron chi connectivity index (χ1n) is 9.77. The number of hydrogen-bond acceptors (Lipinski definition) is 6. The summed E-state index contributed by atoms with van der Waals surface area (Å²) in [7, 11) is 0. The summed E-state index contributed by atoms with van der Waals surface area (Å²) in [5.74, 6) is -0.517. The fourth-order valence-electron chi connectivity index (χ4n) is 3.65. The molecular weight excluding hydrogens is 368 g/mol. The Labute approximate surface area is 168 Å². The van der Waals surface area contributed by atoms with E-state index in [1.165, 1.54) is 0 Å². The van der Waals surface area contributed by atoms with Gasteiger partial charge in [-0.15, -0.1) is 0 Å². The monoisotopic (exact) mass is 392 g/mol. The molecule has 0 atom stereocenters. The van der Waals surface area contributed by atoms with Gasteiger partial charge >= 0.3 is 0 Å². The predicted molar refractivity (Wildman–Crippen MR) is 112 cm³/mol. The number of fused-ring (bicyclic) bond motifs is 1. The molecule has 1 aliphatic rings. The van der Waals surface area contributed by atoms with Gasteiger partial charge in [-0.2, -0.15) is 0 Å². The molecule has 0 bridgehead atoms. The molecule has 4 heterocycles. The molecule has 29 heavy (non-hydrogen) atoms. The lowest BCUT2D eigenvalue weighted by Gasteiger charge is -2.35. The lowest BCUT2D eigenvalue weighted by Crippen LogP contribution is -2.46. The van der Waals surface area contributed by atoms with E-state index in [4.69, 9.17) is 5.73 Å². The minimum Gasteiger partial charge on any atom is -0.368 e. The maximum absolute atomic E-state index is 12.1. The van der Waals surface area contributed by atoms with Crippen LogP contribution in [0.25, 0.3) is 10.9 Å². The van der Waals surface area contributed by atoms with Gasteiger partial charge < -0.3 is 15.6 Å². The van der Waals surface area contributed by atoms with Crippen molar-refractivity contribution in [3.8, 4) is 0 Å². The number of carbonyl (C=O) groups excluding carboxylic acids is 1. The molecule has 8 nitrogen and oxygen atoms in total. The average molecular weight is 392 g/mol. The predicted octanol–water partition coefficient (Wildman–Crippen LogP) is 1.30. The van der Waals surface area contributed by atoms with Gasteiger partial charge in [0.15, 0.2) is 0 Å². The van der Waals surface area contributed by atoms with Crippen molar-refractivity contribution in [2.24, 2.45) is 5.73 Å². The maximum Gasteiger partial charge on any atom is 0.267 e. The number of nitrogens with two attached hydrogens (primary N) is 1. The molecular formula is C21H24N6O2. The molecule has 0 unspecified atom stereocenters. The minimum atomic E-state index is -0.517. The maximum atomic E-state index is 12.1. The van der Waals surface area contributed by atoms with E-state index in [1.807, 2.05) is 31.3 Å². The molecule has 0 spiro atoms. The Morgan fingerprint density at radius 3 is 2.59 bits per heavy atom. The summed E-state index contributed by atoms with van der Waals surface area (Å²) in [6.07, 6.45) is 4.24. The van der Waals surface area contributed by atoms with Crippen LogP contribution in [0.1, 0.15) is 28.7 Å². The zero-order chi connectivity index (χ0) is 20.4. The van der Waals surface area contributed by atoms with Crippen LogP contribution in [-0.2, 0) is 13.0 Å². The Kier molecular flexibility index (Phi) is 5.26. The van der Waals surface area contributed by atoms with Crippen LogP contribution in [0, 0.1) is 0 Å². The van der Waals surface area contributed by atoms with Gasteiger partial charge in [0.2, 0.25) is 0 Å². The first-order chi connectivity index (χ1) is 14.0. The van der Waals surface area contributed by atoms with Crippen LogP contribution in [0.3, 0.4) is 0 Å². The Balaban J connectivity index is 1.40. The first-order valence-corrected chi connectivity index (χ1v) is 9.77. The number of anilines is 1. The summed E-state index contributed by atoms with van der Waals surface area (Å²) in [5, 5.41) is 0.960. The Morgan fingerprint density at radius 2 is 1.93 bits per heavy atom. The number of rotatable bonds is 5. The molecule has 3 aromatic rings. The second-order valence-electron chi connectivity index (χ2n) is 7.27. The number of nitrogens with zero attached hydrogens (tertiary/aromatic N) is 4. The quantitative estimate of drug-likeness (QED) is 0.678. The summed E-state index contributed by atoms with van der Waals surface area (Å²) in [4.78, 5) is 39.5. The van der Waals surface area contributed by atoms with E-state index < -0.39 is 5.91 Å². The molecule has 1 amide bonds. The third-order valence-electron chi connectivity index (χ3n) is 5.37. The normalized spacial score (nSPS) is 15.0. The molecule has 1 aliphatic heterocycles. The number of aromatic nitrogens is 3. The van der Waals surface area contributed by atoms with Gasteiger partial charge in [-0.3, -0.25) is 19.5 Å². The lowest BCUT2D eigenvalue weighted by atomic mass is 10.1. The third kappa shape index (κ3) is 4.12. The lowest BCUT2D eigenvalue weighted by molar-refractivity contribution is 0.0995. The zero-order valence-corrected chi connectivity index (χ0v) is 16.4.